The van der Waals surface area contributed by atoms with Crippen molar-refractivity contribution in [2.45, 2.75) is 6.61 Å². The summed E-state index contributed by atoms with van der Waals surface area (Å²) < 4.78 is 5.46. The number of ether oxygens (including phenoxy) is 1. The van der Waals surface area contributed by atoms with E-state index in [1.165, 1.54) is 0 Å². The van der Waals surface area contributed by atoms with E-state index in [9.17, 15) is 4.79 Å². The van der Waals surface area contributed by atoms with Crippen molar-refractivity contribution in [3.63, 3.8) is 0 Å². The van der Waals surface area contributed by atoms with Gasteiger partial charge in [-0.3, -0.25) is 4.79 Å². The Hall–Kier alpha value is -1.91. The number of hydrogen-bond acceptors (Lipinski definition) is 3. The fourth-order valence-electron chi connectivity index (χ4n) is 2.05. The van der Waals surface area contributed by atoms with Crippen molar-refractivity contribution in [3.05, 3.63) is 53.9 Å². The second kappa shape index (κ2) is 6.31. The smallest absolute Gasteiger partial charge is 0.249 e. The van der Waals surface area contributed by atoms with Gasteiger partial charge in [0.1, 0.15) is 0 Å². The van der Waals surface area contributed by atoms with Crippen LogP contribution in [0.5, 0.6) is 0 Å². The average molecular weight is 257 g/mol. The monoisotopic (exact) mass is 257 g/mol. The van der Waals surface area contributed by atoms with Crippen LogP contribution >= 0.6 is 0 Å². The highest BCUT2D eigenvalue weighted by Crippen LogP contribution is 2.22. The topological polar surface area (TPSA) is 78.3 Å². The number of fused-ring (bicyclic) bond motifs is 1. The van der Waals surface area contributed by atoms with E-state index < -0.39 is 5.91 Å². The molecule has 0 heterocycles. The third-order valence-electron chi connectivity index (χ3n) is 2.92. The fraction of sp³-hybridized carbons (Fsp3) is 0.200. The first kappa shape index (κ1) is 13.5. The highest BCUT2D eigenvalue weighted by molar-refractivity contribution is 6.07. The number of benzene rings is 2. The summed E-state index contributed by atoms with van der Waals surface area (Å²) >= 11 is 0. The maximum Gasteiger partial charge on any atom is 0.249 e. The van der Waals surface area contributed by atoms with E-state index >= 15 is 0 Å². The Morgan fingerprint density at radius 3 is 2.74 bits per heavy atom. The summed E-state index contributed by atoms with van der Waals surface area (Å²) in [4.78, 5) is 11.7. The van der Waals surface area contributed by atoms with Crippen LogP contribution in [-0.2, 0) is 11.3 Å². The zero-order valence-corrected chi connectivity index (χ0v) is 10.6. The van der Waals surface area contributed by atoms with E-state index in [1.54, 1.807) is 0 Å². The number of amides is 1. The molecule has 0 aliphatic rings. The van der Waals surface area contributed by atoms with Crippen molar-refractivity contribution < 1.29 is 9.53 Å². The predicted molar refractivity (Wildman–Crippen MR) is 75.5 cm³/mol. The van der Waals surface area contributed by atoms with E-state index in [2.05, 4.69) is 0 Å². The van der Waals surface area contributed by atoms with Gasteiger partial charge in [-0.25, -0.2) is 0 Å². The Kier molecular flexibility index (Phi) is 4.49. The molecule has 1 amide bonds. The maximum atomic E-state index is 11.7. The average Bonchev–Trinajstić information content (AvgIpc) is 2.42. The van der Waals surface area contributed by atoms with Gasteiger partial charge in [0, 0.05) is 6.42 Å². The van der Waals surface area contributed by atoms with Crippen LogP contribution in [-0.4, -0.2) is 19.1 Å². The minimum Gasteiger partial charge on any atom is -0.376 e. The lowest BCUT2D eigenvalue weighted by Gasteiger charge is -2.11. The molecule has 0 saturated carbocycles. The largest absolute Gasteiger partial charge is 0.376 e. The first-order valence-electron chi connectivity index (χ1n) is 6.14. The summed E-state index contributed by atoms with van der Waals surface area (Å²) in [5, 5.41) is 1.85. The molecule has 2 aromatic rings. The molecule has 0 unspecified atom stereocenters. The van der Waals surface area contributed by atoms with Gasteiger partial charge < -0.3 is 16.2 Å². The van der Waals surface area contributed by atoms with E-state index in [-0.39, 0.29) is 0 Å². The molecule has 99 valence electrons. The minimum atomic E-state index is -0.432. The molecular formula is C15H17N2O2. The summed E-state index contributed by atoms with van der Waals surface area (Å²) in [6.07, 6.45) is 1.82. The first-order valence-corrected chi connectivity index (χ1v) is 6.14. The van der Waals surface area contributed by atoms with Gasteiger partial charge in [0.2, 0.25) is 5.91 Å². The van der Waals surface area contributed by atoms with Crippen LogP contribution in [0.15, 0.2) is 36.4 Å². The SMILES string of the molecule is NC[CH]COCc1ccc2ccccc2c1C(N)=O. The molecule has 0 fully saturated rings. The number of carbonyl (C=O) groups excluding carboxylic acids is 1. The zero-order chi connectivity index (χ0) is 13.7. The highest BCUT2D eigenvalue weighted by Gasteiger charge is 2.12. The molecule has 4 N–H and O–H groups in total. The van der Waals surface area contributed by atoms with Gasteiger partial charge in [-0.2, -0.15) is 0 Å². The third-order valence-corrected chi connectivity index (χ3v) is 2.92. The lowest BCUT2D eigenvalue weighted by atomic mass is 9.99. The van der Waals surface area contributed by atoms with Gasteiger partial charge in [-0.05, 0) is 22.9 Å². The number of rotatable bonds is 6. The Balaban J connectivity index is 2.32. The first-order chi connectivity index (χ1) is 9.24. The molecule has 0 aliphatic carbocycles. The lowest BCUT2D eigenvalue weighted by Crippen LogP contribution is -2.15. The van der Waals surface area contributed by atoms with E-state index in [0.29, 0.717) is 25.3 Å². The summed E-state index contributed by atoms with van der Waals surface area (Å²) in [6, 6.07) is 11.5. The molecular weight excluding hydrogens is 240 g/mol. The van der Waals surface area contributed by atoms with Gasteiger partial charge in [0.25, 0.3) is 0 Å². The van der Waals surface area contributed by atoms with Crippen LogP contribution in [0.3, 0.4) is 0 Å². The molecule has 4 nitrogen and oxygen atoms in total. The minimum absolute atomic E-state index is 0.347. The molecule has 0 aliphatic heterocycles. The summed E-state index contributed by atoms with van der Waals surface area (Å²) in [7, 11) is 0. The quantitative estimate of drug-likeness (QED) is 0.772. The van der Waals surface area contributed by atoms with Crippen LogP contribution in [0.4, 0.5) is 0 Å². The number of primary amides is 1. The second-order valence-electron chi connectivity index (χ2n) is 4.22. The molecule has 2 rings (SSSR count). The van der Waals surface area contributed by atoms with Crippen molar-refractivity contribution in [2.24, 2.45) is 11.5 Å². The lowest BCUT2D eigenvalue weighted by molar-refractivity contribution is 0.0993. The fourth-order valence-corrected chi connectivity index (χ4v) is 2.05. The highest BCUT2D eigenvalue weighted by atomic mass is 16.5. The standard InChI is InChI=1S/C15H17N2O2/c16-8-3-9-19-10-12-7-6-11-4-1-2-5-13(11)14(12)15(17)18/h1-7H,8-10,16H2,(H2,17,18). The van der Waals surface area contributed by atoms with Gasteiger partial charge in [-0.1, -0.05) is 36.4 Å². The van der Waals surface area contributed by atoms with Crippen molar-refractivity contribution in [1.82, 2.24) is 0 Å². The van der Waals surface area contributed by atoms with Gasteiger partial charge >= 0.3 is 0 Å². The second-order valence-corrected chi connectivity index (χ2v) is 4.22. The van der Waals surface area contributed by atoms with Crippen LogP contribution in [0, 0.1) is 6.42 Å². The summed E-state index contributed by atoms with van der Waals surface area (Å²) in [5.74, 6) is -0.432. The van der Waals surface area contributed by atoms with Gasteiger partial charge in [-0.15, -0.1) is 0 Å². The normalized spacial score (nSPS) is 10.8. The Labute approximate surface area is 112 Å². The molecule has 0 atom stereocenters. The van der Waals surface area contributed by atoms with Crippen LogP contribution < -0.4 is 11.5 Å². The van der Waals surface area contributed by atoms with Crippen molar-refractivity contribution in [3.8, 4) is 0 Å². The molecule has 0 bridgehead atoms. The van der Waals surface area contributed by atoms with E-state index in [0.717, 1.165) is 16.3 Å². The van der Waals surface area contributed by atoms with E-state index in [4.69, 9.17) is 16.2 Å². The van der Waals surface area contributed by atoms with Crippen LogP contribution in [0.25, 0.3) is 10.8 Å². The molecule has 2 aromatic carbocycles. The number of nitrogens with two attached hydrogens (primary N) is 2. The molecule has 1 radical (unpaired) electrons. The summed E-state index contributed by atoms with van der Waals surface area (Å²) in [5.41, 5.74) is 12.2. The Morgan fingerprint density at radius 2 is 2.00 bits per heavy atom. The van der Waals surface area contributed by atoms with Crippen molar-refractivity contribution in [2.75, 3.05) is 13.2 Å². The Morgan fingerprint density at radius 1 is 1.21 bits per heavy atom. The van der Waals surface area contributed by atoms with Gasteiger partial charge in [0.05, 0.1) is 18.8 Å². The van der Waals surface area contributed by atoms with Crippen molar-refractivity contribution in [1.29, 1.82) is 0 Å². The Bertz CT molecular complexity index is 581. The molecule has 4 heteroatoms. The van der Waals surface area contributed by atoms with E-state index in [1.807, 2.05) is 42.8 Å². The maximum absolute atomic E-state index is 11.7. The zero-order valence-electron chi connectivity index (χ0n) is 10.6. The summed E-state index contributed by atoms with van der Waals surface area (Å²) in [6.45, 7) is 1.28. The van der Waals surface area contributed by atoms with Crippen LogP contribution in [0.2, 0.25) is 0 Å². The number of carbonyl (C=O) groups is 1. The predicted octanol–water partition coefficient (Wildman–Crippen LogP) is 1.62. The van der Waals surface area contributed by atoms with Crippen molar-refractivity contribution >= 4 is 16.7 Å². The van der Waals surface area contributed by atoms with Gasteiger partial charge in [0.15, 0.2) is 0 Å². The molecule has 19 heavy (non-hydrogen) atoms. The number of hydrogen-bond donors (Lipinski definition) is 2. The molecule has 0 aromatic heterocycles. The third kappa shape index (κ3) is 3.10. The van der Waals surface area contributed by atoms with Crippen LogP contribution in [0.1, 0.15) is 15.9 Å². The molecule has 0 spiro atoms. The molecule has 0 saturated heterocycles.